The van der Waals surface area contributed by atoms with Crippen LogP contribution in [0.3, 0.4) is 0 Å². The first-order chi connectivity index (χ1) is 12.2. The first-order valence-electron chi connectivity index (χ1n) is 9.37. The molecular weight excluding hydrogens is 310 g/mol. The number of likely N-dealkylation sites (tertiary alicyclic amines) is 1. The normalized spacial score (nSPS) is 21.5. The lowest BCUT2D eigenvalue weighted by Crippen LogP contribution is -2.48. The van der Waals surface area contributed by atoms with Crippen LogP contribution in [0.25, 0.3) is 5.69 Å². The molecule has 1 fully saturated rings. The molecule has 1 aromatic heterocycles. The number of piperidine rings is 1. The fourth-order valence-corrected chi connectivity index (χ4v) is 4.31. The van der Waals surface area contributed by atoms with E-state index in [-0.39, 0.29) is 5.60 Å². The molecule has 0 amide bonds. The molecule has 0 radical (unpaired) electrons. The Morgan fingerprint density at radius 1 is 1.20 bits per heavy atom. The molecule has 2 aromatic rings. The number of ether oxygens (including phenoxy) is 1. The highest BCUT2D eigenvalue weighted by Crippen LogP contribution is 2.42. The number of allylic oxidation sites excluding steroid dienone is 1. The standard InChI is InChI=1S/C21H27N3O/c1-3-7-17(2)23-13-11-21(12-14-23)19-16-22-24(20(19)10-15-25-21)18-8-5-4-6-9-18/h3-9,16-17H,10-15H2,1-2H3/b7-3+. The van der Waals surface area contributed by atoms with Gasteiger partial charge in [-0.15, -0.1) is 0 Å². The van der Waals surface area contributed by atoms with Gasteiger partial charge in [0.25, 0.3) is 0 Å². The summed E-state index contributed by atoms with van der Waals surface area (Å²) in [6.07, 6.45) is 9.49. The fourth-order valence-electron chi connectivity index (χ4n) is 4.31. The van der Waals surface area contributed by atoms with E-state index in [0.717, 1.165) is 44.6 Å². The van der Waals surface area contributed by atoms with Crippen molar-refractivity contribution < 1.29 is 4.74 Å². The van der Waals surface area contributed by atoms with Gasteiger partial charge in [-0.3, -0.25) is 4.90 Å². The average Bonchev–Trinajstić information content (AvgIpc) is 3.09. The summed E-state index contributed by atoms with van der Waals surface area (Å²) in [7, 11) is 0. The van der Waals surface area contributed by atoms with E-state index in [2.05, 4.69) is 59.8 Å². The number of hydrogen-bond donors (Lipinski definition) is 0. The molecule has 2 aliphatic heterocycles. The first kappa shape index (κ1) is 16.6. The van der Waals surface area contributed by atoms with Crippen molar-refractivity contribution in [3.05, 3.63) is 59.9 Å². The summed E-state index contributed by atoms with van der Waals surface area (Å²) in [5.74, 6) is 0. The molecule has 25 heavy (non-hydrogen) atoms. The molecule has 0 N–H and O–H groups in total. The monoisotopic (exact) mass is 337 g/mol. The molecular formula is C21H27N3O. The Hall–Kier alpha value is -1.91. The van der Waals surface area contributed by atoms with Crippen LogP contribution in [0.15, 0.2) is 48.7 Å². The molecule has 1 aromatic carbocycles. The molecule has 4 heteroatoms. The largest absolute Gasteiger partial charge is 0.370 e. The van der Waals surface area contributed by atoms with Crippen molar-refractivity contribution >= 4 is 0 Å². The van der Waals surface area contributed by atoms with Gasteiger partial charge in [-0.1, -0.05) is 30.4 Å². The maximum Gasteiger partial charge on any atom is 0.0989 e. The van der Waals surface area contributed by atoms with Gasteiger partial charge in [-0.05, 0) is 38.8 Å². The summed E-state index contributed by atoms with van der Waals surface area (Å²) < 4.78 is 8.48. The zero-order chi connectivity index (χ0) is 17.3. The summed E-state index contributed by atoms with van der Waals surface area (Å²) in [5.41, 5.74) is 3.63. The van der Waals surface area contributed by atoms with Crippen molar-refractivity contribution in [2.45, 2.75) is 44.8 Å². The molecule has 3 heterocycles. The molecule has 4 nitrogen and oxygen atoms in total. The van der Waals surface area contributed by atoms with Gasteiger partial charge in [0.2, 0.25) is 0 Å². The quantitative estimate of drug-likeness (QED) is 0.800. The van der Waals surface area contributed by atoms with E-state index < -0.39 is 0 Å². The number of para-hydroxylation sites is 1. The maximum atomic E-state index is 6.37. The van der Waals surface area contributed by atoms with E-state index in [4.69, 9.17) is 9.84 Å². The zero-order valence-electron chi connectivity index (χ0n) is 15.2. The Kier molecular flexibility index (Phi) is 4.48. The van der Waals surface area contributed by atoms with Gasteiger partial charge in [0.05, 0.1) is 29.8 Å². The average molecular weight is 337 g/mol. The molecule has 132 valence electrons. The minimum absolute atomic E-state index is 0.146. The van der Waals surface area contributed by atoms with Crippen LogP contribution >= 0.6 is 0 Å². The molecule has 1 unspecified atom stereocenters. The number of nitrogens with zero attached hydrogens (tertiary/aromatic N) is 3. The summed E-state index contributed by atoms with van der Waals surface area (Å²) in [6, 6.07) is 10.9. The minimum atomic E-state index is -0.146. The van der Waals surface area contributed by atoms with Crippen LogP contribution in [0.1, 0.15) is 37.9 Å². The van der Waals surface area contributed by atoms with Crippen molar-refractivity contribution in [3.63, 3.8) is 0 Å². The predicted molar refractivity (Wildman–Crippen MR) is 100.0 cm³/mol. The van der Waals surface area contributed by atoms with E-state index in [1.54, 1.807) is 0 Å². The predicted octanol–water partition coefficient (Wildman–Crippen LogP) is 3.70. The maximum absolute atomic E-state index is 6.37. The number of hydrogen-bond acceptors (Lipinski definition) is 3. The van der Waals surface area contributed by atoms with E-state index in [0.29, 0.717) is 6.04 Å². The van der Waals surface area contributed by atoms with Crippen LogP contribution in [0, 0.1) is 0 Å². The van der Waals surface area contributed by atoms with E-state index in [9.17, 15) is 0 Å². The first-order valence-corrected chi connectivity index (χ1v) is 9.37. The third kappa shape index (κ3) is 2.94. The van der Waals surface area contributed by atoms with Crippen LogP contribution < -0.4 is 0 Å². The SMILES string of the molecule is C/C=C/C(C)N1CCC2(CC1)OCCc1c2cnn1-c1ccccc1. The number of aromatic nitrogens is 2. The molecule has 1 spiro atoms. The molecule has 1 atom stereocenters. The smallest absolute Gasteiger partial charge is 0.0989 e. The Bertz CT molecular complexity index is 742. The fraction of sp³-hybridized carbons (Fsp3) is 0.476. The summed E-state index contributed by atoms with van der Waals surface area (Å²) in [4.78, 5) is 2.55. The van der Waals surface area contributed by atoms with Gasteiger partial charge in [-0.2, -0.15) is 5.10 Å². The van der Waals surface area contributed by atoms with Crippen molar-refractivity contribution in [1.29, 1.82) is 0 Å². The number of rotatable bonds is 3. The van der Waals surface area contributed by atoms with E-state index in [1.165, 1.54) is 11.3 Å². The van der Waals surface area contributed by atoms with Gasteiger partial charge in [0.1, 0.15) is 0 Å². The van der Waals surface area contributed by atoms with Crippen molar-refractivity contribution in [2.75, 3.05) is 19.7 Å². The van der Waals surface area contributed by atoms with E-state index in [1.807, 2.05) is 12.3 Å². The minimum Gasteiger partial charge on any atom is -0.370 e. The van der Waals surface area contributed by atoms with Crippen molar-refractivity contribution in [2.24, 2.45) is 0 Å². The molecule has 2 aliphatic rings. The highest BCUT2D eigenvalue weighted by molar-refractivity contribution is 5.38. The molecule has 0 saturated carbocycles. The van der Waals surface area contributed by atoms with Crippen LogP contribution in [0.4, 0.5) is 0 Å². The highest BCUT2D eigenvalue weighted by atomic mass is 16.5. The Morgan fingerprint density at radius 2 is 1.96 bits per heavy atom. The summed E-state index contributed by atoms with van der Waals surface area (Å²) >= 11 is 0. The number of benzene rings is 1. The number of fused-ring (bicyclic) bond motifs is 2. The lowest BCUT2D eigenvalue weighted by molar-refractivity contribution is -0.100. The lowest BCUT2D eigenvalue weighted by atomic mass is 9.82. The second kappa shape index (κ2) is 6.77. The summed E-state index contributed by atoms with van der Waals surface area (Å²) in [6.45, 7) is 7.30. The van der Waals surface area contributed by atoms with Gasteiger partial charge in [0, 0.05) is 31.1 Å². The van der Waals surface area contributed by atoms with E-state index >= 15 is 0 Å². The van der Waals surface area contributed by atoms with Crippen molar-refractivity contribution in [3.8, 4) is 5.69 Å². The Balaban J connectivity index is 1.60. The Labute approximate surface area is 150 Å². The van der Waals surface area contributed by atoms with Crippen LogP contribution in [-0.2, 0) is 16.8 Å². The topological polar surface area (TPSA) is 30.3 Å². The van der Waals surface area contributed by atoms with Crippen molar-refractivity contribution in [1.82, 2.24) is 14.7 Å². The van der Waals surface area contributed by atoms with Gasteiger partial charge in [-0.25, -0.2) is 4.68 Å². The molecule has 0 aliphatic carbocycles. The third-order valence-electron chi connectivity index (χ3n) is 5.73. The zero-order valence-corrected chi connectivity index (χ0v) is 15.2. The molecule has 4 rings (SSSR count). The van der Waals surface area contributed by atoms with Crippen LogP contribution in [0.2, 0.25) is 0 Å². The van der Waals surface area contributed by atoms with Gasteiger partial charge >= 0.3 is 0 Å². The van der Waals surface area contributed by atoms with Crippen LogP contribution in [0.5, 0.6) is 0 Å². The second-order valence-corrected chi connectivity index (χ2v) is 7.15. The summed E-state index contributed by atoms with van der Waals surface area (Å²) in [5, 5.41) is 4.71. The highest BCUT2D eigenvalue weighted by Gasteiger charge is 2.43. The molecule has 0 bridgehead atoms. The molecule has 1 saturated heterocycles. The second-order valence-electron chi connectivity index (χ2n) is 7.15. The third-order valence-corrected chi connectivity index (χ3v) is 5.73. The van der Waals surface area contributed by atoms with Gasteiger partial charge < -0.3 is 4.74 Å². The van der Waals surface area contributed by atoms with Gasteiger partial charge in [0.15, 0.2) is 0 Å². The van der Waals surface area contributed by atoms with Crippen LogP contribution in [-0.4, -0.2) is 40.4 Å². The lowest BCUT2D eigenvalue weighted by Gasteiger charge is -2.45. The Morgan fingerprint density at radius 3 is 2.68 bits per heavy atom.